The molecule has 0 bridgehead atoms. The first kappa shape index (κ1) is 32.3. The van der Waals surface area contributed by atoms with Gasteiger partial charge in [0, 0.05) is 38.4 Å². The van der Waals surface area contributed by atoms with Crippen molar-refractivity contribution < 1.29 is 4.42 Å². The van der Waals surface area contributed by atoms with Crippen molar-refractivity contribution >= 4 is 32.7 Å². The van der Waals surface area contributed by atoms with Crippen LogP contribution in [0.5, 0.6) is 0 Å². The van der Waals surface area contributed by atoms with Gasteiger partial charge in [-0.15, -0.1) is 0 Å². The second kappa shape index (κ2) is 12.5. The third kappa shape index (κ3) is 5.12. The Morgan fingerprint density at radius 2 is 1.07 bits per heavy atom. The minimum absolute atomic E-state index is 0.129. The van der Waals surface area contributed by atoms with Gasteiger partial charge in [-0.1, -0.05) is 159 Å². The van der Waals surface area contributed by atoms with Crippen molar-refractivity contribution in [3.8, 4) is 67.3 Å². The van der Waals surface area contributed by atoms with E-state index in [9.17, 15) is 0 Å². The van der Waals surface area contributed by atoms with Gasteiger partial charge in [0.15, 0.2) is 5.82 Å². The summed E-state index contributed by atoms with van der Waals surface area (Å²) >= 11 is 0. The van der Waals surface area contributed by atoms with Crippen LogP contribution >= 0.6 is 0 Å². The third-order valence-corrected chi connectivity index (χ3v) is 11.7. The van der Waals surface area contributed by atoms with Gasteiger partial charge < -0.3 is 4.42 Å². The molecule has 0 unspecified atom stereocenters. The normalized spacial score (nSPS) is 13.0. The summed E-state index contributed by atoms with van der Waals surface area (Å²) in [5.41, 5.74) is 16.0. The number of furan rings is 1. The van der Waals surface area contributed by atoms with Crippen LogP contribution in [0.2, 0.25) is 0 Å². The smallest absolute Gasteiger partial charge is 0.160 e. The van der Waals surface area contributed by atoms with Crippen LogP contribution in [0.25, 0.3) is 100.0 Å². The number of nitrogens with zero attached hydrogens (tertiary/aromatic N) is 2. The van der Waals surface area contributed by atoms with Crippen LogP contribution in [0.4, 0.5) is 0 Å². The van der Waals surface area contributed by atoms with Crippen molar-refractivity contribution in [2.45, 2.75) is 19.3 Å². The number of hydrogen-bond donors (Lipinski definition) is 0. The molecular weight excluding hydrogens is 681 g/mol. The highest BCUT2D eigenvalue weighted by Gasteiger charge is 2.36. The van der Waals surface area contributed by atoms with E-state index in [2.05, 4.69) is 184 Å². The molecule has 3 heteroatoms. The maximum atomic E-state index is 6.58. The molecule has 0 fully saturated rings. The Hall–Kier alpha value is -7.10. The minimum Gasteiger partial charge on any atom is -0.455 e. The van der Waals surface area contributed by atoms with E-state index in [1.165, 1.54) is 27.6 Å². The molecule has 0 atom stereocenters. The molecule has 264 valence electrons. The van der Waals surface area contributed by atoms with Gasteiger partial charge in [0.2, 0.25) is 0 Å². The number of benzene rings is 8. The molecule has 3 nitrogen and oxygen atoms in total. The summed E-state index contributed by atoms with van der Waals surface area (Å²) < 4.78 is 6.58. The first-order chi connectivity index (χ1) is 27.5. The van der Waals surface area contributed by atoms with Crippen LogP contribution < -0.4 is 0 Å². The van der Waals surface area contributed by atoms with Crippen molar-refractivity contribution in [1.29, 1.82) is 0 Å². The Kier molecular flexibility index (Phi) is 7.20. The molecule has 2 heterocycles. The predicted octanol–water partition coefficient (Wildman–Crippen LogP) is 14.2. The molecule has 0 radical (unpaired) electrons. The minimum atomic E-state index is -0.129. The molecule has 56 heavy (non-hydrogen) atoms. The van der Waals surface area contributed by atoms with Gasteiger partial charge in [0.1, 0.15) is 11.2 Å². The Morgan fingerprint density at radius 1 is 0.411 bits per heavy atom. The average molecular weight is 717 g/mol. The lowest BCUT2D eigenvalue weighted by Crippen LogP contribution is -2.14. The first-order valence-electron chi connectivity index (χ1n) is 19.2. The van der Waals surface area contributed by atoms with Crippen molar-refractivity contribution in [2.75, 3.05) is 0 Å². The zero-order chi connectivity index (χ0) is 37.4. The lowest BCUT2D eigenvalue weighted by molar-refractivity contribution is 0.660. The highest BCUT2D eigenvalue weighted by molar-refractivity contribution is 6.10. The average Bonchev–Trinajstić information content (AvgIpc) is 3.75. The van der Waals surface area contributed by atoms with Gasteiger partial charge in [-0.25, -0.2) is 9.97 Å². The number of fused-ring (bicyclic) bond motifs is 7. The number of hydrogen-bond acceptors (Lipinski definition) is 3. The summed E-state index contributed by atoms with van der Waals surface area (Å²) in [6.45, 7) is 4.65. The fourth-order valence-electron chi connectivity index (χ4n) is 8.86. The highest BCUT2D eigenvalue weighted by Crippen LogP contribution is 2.52. The van der Waals surface area contributed by atoms with Gasteiger partial charge in [-0.2, -0.15) is 0 Å². The van der Waals surface area contributed by atoms with E-state index in [0.29, 0.717) is 5.82 Å². The summed E-state index contributed by atoms with van der Waals surface area (Å²) in [7, 11) is 0. The maximum Gasteiger partial charge on any atom is 0.160 e. The lowest BCUT2D eigenvalue weighted by atomic mass is 9.82. The van der Waals surface area contributed by atoms with Gasteiger partial charge in [-0.3, -0.25) is 0 Å². The van der Waals surface area contributed by atoms with Crippen molar-refractivity contribution in [2.24, 2.45) is 0 Å². The Labute approximate surface area is 325 Å². The molecule has 10 aromatic rings. The number of rotatable bonds is 5. The SMILES string of the molecule is CC1(C)c2ccccc2-c2c(-c3cc(-c4cc(-c5ccccc5)cc(-c5cccc6c5oc5ccccc56)c4)nc(-c4ccc5ccccc5c4)n3)cccc21. The van der Waals surface area contributed by atoms with E-state index < -0.39 is 0 Å². The Bertz CT molecular complexity index is 3170. The summed E-state index contributed by atoms with van der Waals surface area (Å²) in [5.74, 6) is 0.692. The lowest BCUT2D eigenvalue weighted by Gasteiger charge is -2.21. The fraction of sp³-hybridized carbons (Fsp3) is 0.0566. The van der Waals surface area contributed by atoms with E-state index >= 15 is 0 Å². The quantitative estimate of drug-likeness (QED) is 0.178. The van der Waals surface area contributed by atoms with Crippen LogP contribution in [0.1, 0.15) is 25.0 Å². The fourth-order valence-corrected chi connectivity index (χ4v) is 8.86. The van der Waals surface area contributed by atoms with Crippen molar-refractivity contribution in [3.05, 3.63) is 193 Å². The summed E-state index contributed by atoms with van der Waals surface area (Å²) in [4.78, 5) is 10.8. The van der Waals surface area contributed by atoms with Crippen LogP contribution in [0, 0.1) is 0 Å². The molecule has 1 aliphatic carbocycles. The van der Waals surface area contributed by atoms with Crippen molar-refractivity contribution in [3.63, 3.8) is 0 Å². The van der Waals surface area contributed by atoms with Crippen LogP contribution in [0.15, 0.2) is 186 Å². The molecule has 8 aromatic carbocycles. The molecule has 0 aliphatic heterocycles. The first-order valence-corrected chi connectivity index (χ1v) is 19.2. The molecule has 11 rings (SSSR count). The molecule has 0 amide bonds. The number of para-hydroxylation sites is 2. The monoisotopic (exact) mass is 716 g/mol. The van der Waals surface area contributed by atoms with Gasteiger partial charge >= 0.3 is 0 Å². The Morgan fingerprint density at radius 3 is 1.98 bits per heavy atom. The van der Waals surface area contributed by atoms with Crippen LogP contribution in [-0.4, -0.2) is 9.97 Å². The zero-order valence-corrected chi connectivity index (χ0v) is 31.1. The molecule has 0 saturated heterocycles. The van der Waals surface area contributed by atoms with Crippen molar-refractivity contribution in [1.82, 2.24) is 9.97 Å². The second-order valence-electron chi connectivity index (χ2n) is 15.4. The van der Waals surface area contributed by atoms with E-state index in [1.807, 2.05) is 12.1 Å². The second-order valence-corrected chi connectivity index (χ2v) is 15.4. The molecule has 0 spiro atoms. The standard InChI is InChI=1S/C53H36N2O/c1-53(2)45-23-10-8-19-43(45)50-44(22-13-24-46(50)53)48-32-47(54-52(55-48)36-27-26-34-16-6-7-17-35(34)28-36)39-30-37(33-14-4-3-5-15-33)29-38(31-39)40-20-12-21-42-41-18-9-11-25-49(41)56-51(40)42/h3-32H,1-2H3. The topological polar surface area (TPSA) is 38.9 Å². The molecule has 0 saturated carbocycles. The molecule has 0 N–H and O–H groups in total. The van der Waals surface area contributed by atoms with E-state index in [0.717, 1.165) is 77.7 Å². The molecule has 2 aromatic heterocycles. The largest absolute Gasteiger partial charge is 0.455 e. The van der Waals surface area contributed by atoms with Crippen LogP contribution in [0.3, 0.4) is 0 Å². The Balaban J connectivity index is 1.18. The predicted molar refractivity (Wildman–Crippen MR) is 232 cm³/mol. The summed E-state index contributed by atoms with van der Waals surface area (Å²) in [5, 5.41) is 4.56. The van der Waals surface area contributed by atoms with Crippen LogP contribution in [-0.2, 0) is 5.41 Å². The summed E-state index contributed by atoms with van der Waals surface area (Å²) in [6.07, 6.45) is 0. The number of aromatic nitrogens is 2. The van der Waals surface area contributed by atoms with E-state index in [4.69, 9.17) is 14.4 Å². The van der Waals surface area contributed by atoms with E-state index in [1.54, 1.807) is 0 Å². The highest BCUT2D eigenvalue weighted by atomic mass is 16.3. The maximum absolute atomic E-state index is 6.58. The van der Waals surface area contributed by atoms with Gasteiger partial charge in [-0.05, 0) is 86.1 Å². The van der Waals surface area contributed by atoms with Gasteiger partial charge in [0.25, 0.3) is 0 Å². The van der Waals surface area contributed by atoms with E-state index in [-0.39, 0.29) is 5.41 Å². The molecule has 1 aliphatic rings. The van der Waals surface area contributed by atoms with Gasteiger partial charge in [0.05, 0.1) is 11.4 Å². The molecular formula is C53H36N2O. The summed E-state index contributed by atoms with van der Waals surface area (Å²) in [6, 6.07) is 64.8. The zero-order valence-electron chi connectivity index (χ0n) is 31.1. The third-order valence-electron chi connectivity index (χ3n) is 11.7.